The highest BCUT2D eigenvalue weighted by Gasteiger charge is 2.21. The summed E-state index contributed by atoms with van der Waals surface area (Å²) < 4.78 is 7.04. The standard InChI is InChI=1S/C10H15N3O2/c1-12-4-3-8(6-12)15-9-5-10(14)13(2)7-11-9/h5,7-8H,3-4,6H2,1-2H3. The summed E-state index contributed by atoms with van der Waals surface area (Å²) in [6, 6.07) is 1.43. The average molecular weight is 209 g/mol. The Balaban J connectivity index is 2.05. The zero-order chi connectivity index (χ0) is 10.8. The fourth-order valence-corrected chi connectivity index (χ4v) is 1.67. The number of nitrogens with zero attached hydrogens (tertiary/aromatic N) is 3. The first kappa shape index (κ1) is 10.2. The first-order valence-corrected chi connectivity index (χ1v) is 5.03. The minimum Gasteiger partial charge on any atom is -0.473 e. The SMILES string of the molecule is CN1CCC(Oc2cc(=O)n(C)cn2)C1. The number of likely N-dealkylation sites (tertiary alicyclic amines) is 1. The van der Waals surface area contributed by atoms with E-state index in [1.807, 2.05) is 0 Å². The molecule has 0 spiro atoms. The molecule has 2 rings (SSSR count). The topological polar surface area (TPSA) is 47.4 Å². The first-order chi connectivity index (χ1) is 7.15. The molecule has 0 amide bonds. The summed E-state index contributed by atoms with van der Waals surface area (Å²) in [6.45, 7) is 1.94. The van der Waals surface area contributed by atoms with Crippen LogP contribution in [-0.4, -0.2) is 40.7 Å². The Kier molecular flexibility index (Phi) is 2.73. The smallest absolute Gasteiger partial charge is 0.256 e. The Hall–Kier alpha value is -1.36. The second-order valence-corrected chi connectivity index (χ2v) is 3.97. The molecule has 1 atom stereocenters. The van der Waals surface area contributed by atoms with Crippen LogP contribution < -0.4 is 10.3 Å². The average Bonchev–Trinajstić information content (AvgIpc) is 2.58. The maximum Gasteiger partial charge on any atom is 0.256 e. The Labute approximate surface area is 88.3 Å². The van der Waals surface area contributed by atoms with Crippen molar-refractivity contribution in [2.45, 2.75) is 12.5 Å². The van der Waals surface area contributed by atoms with E-state index in [-0.39, 0.29) is 11.7 Å². The van der Waals surface area contributed by atoms with Gasteiger partial charge in [0.05, 0.1) is 6.07 Å². The van der Waals surface area contributed by atoms with Gasteiger partial charge in [-0.05, 0) is 13.5 Å². The van der Waals surface area contributed by atoms with Crippen molar-refractivity contribution in [2.75, 3.05) is 20.1 Å². The summed E-state index contributed by atoms with van der Waals surface area (Å²) in [7, 11) is 3.73. The number of aromatic nitrogens is 2. The predicted octanol–water partition coefficient (Wildman–Crippen LogP) is -0.137. The van der Waals surface area contributed by atoms with Crippen molar-refractivity contribution >= 4 is 0 Å². The highest BCUT2D eigenvalue weighted by Crippen LogP contribution is 2.13. The van der Waals surface area contributed by atoms with E-state index in [1.54, 1.807) is 7.05 Å². The molecule has 1 fully saturated rings. The number of hydrogen-bond donors (Lipinski definition) is 0. The molecule has 0 radical (unpaired) electrons. The van der Waals surface area contributed by atoms with Gasteiger partial charge in [-0.15, -0.1) is 0 Å². The quantitative estimate of drug-likeness (QED) is 0.680. The van der Waals surface area contributed by atoms with E-state index in [9.17, 15) is 4.79 Å². The molecule has 0 aromatic carbocycles. The van der Waals surface area contributed by atoms with Gasteiger partial charge in [-0.2, -0.15) is 0 Å². The molecule has 1 aromatic heterocycles. The summed E-state index contributed by atoms with van der Waals surface area (Å²) in [6.07, 6.45) is 2.64. The minimum atomic E-state index is -0.0913. The van der Waals surface area contributed by atoms with Gasteiger partial charge < -0.3 is 14.2 Å². The first-order valence-electron chi connectivity index (χ1n) is 5.03. The van der Waals surface area contributed by atoms with Gasteiger partial charge in [-0.3, -0.25) is 4.79 Å². The van der Waals surface area contributed by atoms with Gasteiger partial charge >= 0.3 is 0 Å². The fraction of sp³-hybridized carbons (Fsp3) is 0.600. The van der Waals surface area contributed by atoms with Gasteiger partial charge in [0.2, 0.25) is 5.88 Å². The summed E-state index contributed by atoms with van der Waals surface area (Å²) in [5.74, 6) is 0.429. The van der Waals surface area contributed by atoms with Crippen LogP contribution in [0.5, 0.6) is 5.88 Å². The highest BCUT2D eigenvalue weighted by atomic mass is 16.5. The molecule has 0 N–H and O–H groups in total. The molecule has 1 aromatic rings. The van der Waals surface area contributed by atoms with Crippen LogP contribution in [0.3, 0.4) is 0 Å². The molecular weight excluding hydrogens is 194 g/mol. The molecule has 82 valence electrons. The molecule has 1 unspecified atom stereocenters. The molecule has 0 aliphatic carbocycles. The number of ether oxygens (including phenoxy) is 1. The molecule has 2 heterocycles. The van der Waals surface area contributed by atoms with E-state index in [2.05, 4.69) is 16.9 Å². The van der Waals surface area contributed by atoms with Crippen LogP contribution in [0.15, 0.2) is 17.2 Å². The van der Waals surface area contributed by atoms with Crippen molar-refractivity contribution in [3.05, 3.63) is 22.7 Å². The second kappa shape index (κ2) is 4.02. The number of rotatable bonds is 2. The maximum absolute atomic E-state index is 11.3. The van der Waals surface area contributed by atoms with Crippen molar-refractivity contribution in [1.82, 2.24) is 14.5 Å². The van der Waals surface area contributed by atoms with Crippen LogP contribution in [-0.2, 0) is 7.05 Å². The zero-order valence-electron chi connectivity index (χ0n) is 9.01. The number of hydrogen-bond acceptors (Lipinski definition) is 4. The van der Waals surface area contributed by atoms with Crippen LogP contribution in [0.25, 0.3) is 0 Å². The predicted molar refractivity (Wildman–Crippen MR) is 56.0 cm³/mol. The van der Waals surface area contributed by atoms with Gasteiger partial charge in [0.1, 0.15) is 12.4 Å². The molecule has 1 aliphatic rings. The lowest BCUT2D eigenvalue weighted by Crippen LogP contribution is -2.23. The van der Waals surface area contributed by atoms with Gasteiger partial charge in [0.25, 0.3) is 5.56 Å². The Morgan fingerprint density at radius 1 is 1.53 bits per heavy atom. The van der Waals surface area contributed by atoms with Crippen LogP contribution in [0.1, 0.15) is 6.42 Å². The van der Waals surface area contributed by atoms with Crippen molar-refractivity contribution in [1.29, 1.82) is 0 Å². The third-order valence-corrected chi connectivity index (χ3v) is 2.59. The van der Waals surface area contributed by atoms with Crippen LogP contribution in [0.4, 0.5) is 0 Å². The Bertz CT molecular complexity index is 402. The summed E-state index contributed by atoms with van der Waals surface area (Å²) in [5.41, 5.74) is -0.0913. The Morgan fingerprint density at radius 2 is 2.33 bits per heavy atom. The van der Waals surface area contributed by atoms with E-state index in [0.717, 1.165) is 19.5 Å². The second-order valence-electron chi connectivity index (χ2n) is 3.97. The zero-order valence-corrected chi connectivity index (χ0v) is 9.01. The van der Waals surface area contributed by atoms with Gasteiger partial charge in [-0.25, -0.2) is 4.98 Å². The maximum atomic E-state index is 11.3. The normalized spacial score (nSPS) is 21.9. The molecule has 1 saturated heterocycles. The molecular formula is C10H15N3O2. The number of aryl methyl sites for hydroxylation is 1. The van der Waals surface area contributed by atoms with Gasteiger partial charge in [-0.1, -0.05) is 0 Å². The molecule has 5 heteroatoms. The molecule has 0 saturated carbocycles. The molecule has 0 bridgehead atoms. The van der Waals surface area contributed by atoms with Gasteiger partial charge in [0, 0.05) is 20.1 Å². The minimum absolute atomic E-state index is 0.0913. The number of likely N-dealkylation sites (N-methyl/N-ethyl adjacent to an activating group) is 1. The largest absolute Gasteiger partial charge is 0.473 e. The molecule has 1 aliphatic heterocycles. The van der Waals surface area contributed by atoms with Gasteiger partial charge in [0.15, 0.2) is 0 Å². The van der Waals surface area contributed by atoms with Crippen LogP contribution in [0, 0.1) is 0 Å². The molecule has 5 nitrogen and oxygen atoms in total. The van der Waals surface area contributed by atoms with E-state index in [4.69, 9.17) is 4.74 Å². The van der Waals surface area contributed by atoms with Crippen molar-refractivity contribution < 1.29 is 4.74 Å². The van der Waals surface area contributed by atoms with Crippen LogP contribution in [0.2, 0.25) is 0 Å². The lowest BCUT2D eigenvalue weighted by atomic mass is 10.3. The monoisotopic (exact) mass is 209 g/mol. The van der Waals surface area contributed by atoms with E-state index >= 15 is 0 Å². The van der Waals surface area contributed by atoms with Crippen molar-refractivity contribution in [2.24, 2.45) is 7.05 Å². The highest BCUT2D eigenvalue weighted by molar-refractivity contribution is 5.06. The Morgan fingerprint density at radius 3 is 2.93 bits per heavy atom. The van der Waals surface area contributed by atoms with E-state index < -0.39 is 0 Å². The summed E-state index contributed by atoms with van der Waals surface area (Å²) >= 11 is 0. The lowest BCUT2D eigenvalue weighted by Gasteiger charge is -2.12. The summed E-state index contributed by atoms with van der Waals surface area (Å²) in [5, 5.41) is 0. The fourth-order valence-electron chi connectivity index (χ4n) is 1.67. The molecule has 15 heavy (non-hydrogen) atoms. The van der Waals surface area contributed by atoms with E-state index in [0.29, 0.717) is 5.88 Å². The van der Waals surface area contributed by atoms with Crippen LogP contribution >= 0.6 is 0 Å². The van der Waals surface area contributed by atoms with Crippen molar-refractivity contribution in [3.63, 3.8) is 0 Å². The lowest BCUT2D eigenvalue weighted by molar-refractivity contribution is 0.199. The third-order valence-electron chi connectivity index (χ3n) is 2.59. The summed E-state index contributed by atoms with van der Waals surface area (Å²) in [4.78, 5) is 17.6. The van der Waals surface area contributed by atoms with Crippen molar-refractivity contribution in [3.8, 4) is 5.88 Å². The van der Waals surface area contributed by atoms with E-state index in [1.165, 1.54) is 17.0 Å². The third kappa shape index (κ3) is 2.36.